The Kier molecular flexibility index (Phi) is 4.59. The number of halogens is 4. The third kappa shape index (κ3) is 4.20. The molecule has 0 saturated heterocycles. The lowest BCUT2D eigenvalue weighted by molar-refractivity contribution is -0.275. The summed E-state index contributed by atoms with van der Waals surface area (Å²) in [4.78, 5) is 14.3. The van der Waals surface area contributed by atoms with Crippen molar-refractivity contribution in [2.75, 3.05) is 7.11 Å². The van der Waals surface area contributed by atoms with Crippen LogP contribution in [0.15, 0.2) is 6.07 Å². The fourth-order valence-electron chi connectivity index (χ4n) is 1.18. The van der Waals surface area contributed by atoms with E-state index in [9.17, 15) is 18.0 Å². The van der Waals surface area contributed by atoms with Gasteiger partial charge in [-0.1, -0.05) is 0 Å². The van der Waals surface area contributed by atoms with E-state index < -0.39 is 30.4 Å². The Hall–Kier alpha value is -1.26. The van der Waals surface area contributed by atoms with Crippen LogP contribution in [0.5, 0.6) is 11.6 Å². The maximum atomic E-state index is 12.2. The maximum Gasteiger partial charge on any atom is 0.573 e. The molecule has 0 radical (unpaired) electrons. The molecule has 0 spiro atoms. The highest BCUT2D eigenvalue weighted by atomic mass is 127. The molecule has 1 aromatic heterocycles. The van der Waals surface area contributed by atoms with E-state index in [1.165, 1.54) is 6.07 Å². The molecule has 1 heterocycles. The lowest BCUT2D eigenvalue weighted by atomic mass is 10.2. The Morgan fingerprint density at radius 1 is 1.56 bits per heavy atom. The first kappa shape index (κ1) is 14.8. The summed E-state index contributed by atoms with van der Waals surface area (Å²) in [6.45, 7) is 0. The van der Waals surface area contributed by atoms with Crippen LogP contribution < -0.4 is 9.47 Å². The minimum absolute atomic E-state index is 0.156. The molecule has 0 unspecified atom stereocenters. The van der Waals surface area contributed by atoms with Gasteiger partial charge in [0, 0.05) is 5.56 Å². The molecule has 0 saturated carbocycles. The zero-order valence-corrected chi connectivity index (χ0v) is 11.1. The number of alkyl halides is 3. The first-order valence-electron chi connectivity index (χ1n) is 4.44. The number of hydrogen-bond donors (Lipinski definition) is 1. The molecule has 5 nitrogen and oxygen atoms in total. The van der Waals surface area contributed by atoms with Crippen LogP contribution in [0.1, 0.15) is 5.56 Å². The fraction of sp³-hybridized carbons (Fsp3) is 0.333. The molecule has 1 aromatic rings. The van der Waals surface area contributed by atoms with E-state index in [0.717, 1.165) is 7.11 Å². The number of pyridine rings is 1. The van der Waals surface area contributed by atoms with Gasteiger partial charge in [-0.15, -0.1) is 13.2 Å². The van der Waals surface area contributed by atoms with Crippen molar-refractivity contribution >= 4 is 28.6 Å². The van der Waals surface area contributed by atoms with Crippen LogP contribution in [-0.4, -0.2) is 29.5 Å². The number of hydrogen-bond acceptors (Lipinski definition) is 4. The van der Waals surface area contributed by atoms with Crippen LogP contribution in [0.4, 0.5) is 13.2 Å². The van der Waals surface area contributed by atoms with Crippen molar-refractivity contribution < 1.29 is 32.5 Å². The number of rotatable bonds is 4. The van der Waals surface area contributed by atoms with E-state index in [4.69, 9.17) is 5.11 Å². The van der Waals surface area contributed by atoms with Crippen molar-refractivity contribution in [2.24, 2.45) is 0 Å². The quantitative estimate of drug-likeness (QED) is 0.644. The van der Waals surface area contributed by atoms with Gasteiger partial charge in [0.1, 0.15) is 3.70 Å². The Bertz CT molecular complexity index is 464. The van der Waals surface area contributed by atoms with Gasteiger partial charge in [0.05, 0.1) is 13.5 Å². The summed E-state index contributed by atoms with van der Waals surface area (Å²) >= 11 is 1.73. The predicted molar refractivity (Wildman–Crippen MR) is 61.5 cm³/mol. The lowest BCUT2D eigenvalue weighted by Crippen LogP contribution is -2.20. The van der Waals surface area contributed by atoms with Gasteiger partial charge in [0.2, 0.25) is 0 Å². The molecule has 1 N–H and O–H groups in total. The highest BCUT2D eigenvalue weighted by Crippen LogP contribution is 2.35. The van der Waals surface area contributed by atoms with Crippen molar-refractivity contribution in [3.05, 3.63) is 15.3 Å². The summed E-state index contributed by atoms with van der Waals surface area (Å²) in [7, 11) is 1.12. The highest BCUT2D eigenvalue weighted by Gasteiger charge is 2.34. The van der Waals surface area contributed by atoms with Crippen molar-refractivity contribution in [1.82, 2.24) is 4.98 Å². The first-order chi connectivity index (χ1) is 8.23. The van der Waals surface area contributed by atoms with Crippen molar-refractivity contribution in [2.45, 2.75) is 12.8 Å². The second kappa shape index (κ2) is 5.59. The molecule has 0 aliphatic carbocycles. The van der Waals surface area contributed by atoms with Crippen molar-refractivity contribution in [3.63, 3.8) is 0 Å². The van der Waals surface area contributed by atoms with Gasteiger partial charge in [0.25, 0.3) is 5.88 Å². The Balaban J connectivity index is 3.28. The Morgan fingerprint density at radius 3 is 2.61 bits per heavy atom. The van der Waals surface area contributed by atoms with E-state index in [2.05, 4.69) is 14.5 Å². The molecule has 0 aliphatic heterocycles. The van der Waals surface area contributed by atoms with Gasteiger partial charge in [0.15, 0.2) is 5.75 Å². The van der Waals surface area contributed by atoms with Crippen LogP contribution in [0.25, 0.3) is 0 Å². The average molecular weight is 377 g/mol. The summed E-state index contributed by atoms with van der Waals surface area (Å²) < 4.78 is 45.4. The molecular formula is C9H7F3INO4. The normalized spacial score (nSPS) is 11.2. The second-order valence-corrected chi connectivity index (χ2v) is 4.17. The number of carboxylic acid groups (broad SMARTS) is 1. The molecule has 100 valence electrons. The number of nitrogens with zero attached hydrogens (tertiary/aromatic N) is 1. The van der Waals surface area contributed by atoms with Gasteiger partial charge in [-0.2, -0.15) is 0 Å². The molecule has 1 rings (SSSR count). The molecular weight excluding hydrogens is 370 g/mol. The maximum absolute atomic E-state index is 12.2. The number of aromatic nitrogens is 1. The molecule has 0 amide bonds. The SMILES string of the molecule is COc1nc(I)cc(CC(=O)O)c1OC(F)(F)F. The van der Waals surface area contributed by atoms with Gasteiger partial charge < -0.3 is 14.6 Å². The zero-order chi connectivity index (χ0) is 13.9. The Morgan fingerprint density at radius 2 is 2.17 bits per heavy atom. The molecule has 0 bridgehead atoms. The second-order valence-electron chi connectivity index (χ2n) is 3.06. The molecule has 0 aliphatic rings. The van der Waals surface area contributed by atoms with Crippen molar-refractivity contribution in [3.8, 4) is 11.6 Å². The third-order valence-electron chi connectivity index (χ3n) is 1.74. The van der Waals surface area contributed by atoms with E-state index in [0.29, 0.717) is 3.70 Å². The minimum atomic E-state index is -4.95. The highest BCUT2D eigenvalue weighted by molar-refractivity contribution is 14.1. The Labute approximate surface area is 113 Å². The van der Waals surface area contributed by atoms with Crippen LogP contribution in [0.2, 0.25) is 0 Å². The average Bonchev–Trinajstić information content (AvgIpc) is 2.19. The zero-order valence-electron chi connectivity index (χ0n) is 8.92. The number of ether oxygens (including phenoxy) is 2. The smallest absolute Gasteiger partial charge is 0.481 e. The summed E-state index contributed by atoms with van der Waals surface area (Å²) in [5.41, 5.74) is -0.156. The van der Waals surface area contributed by atoms with Crippen LogP contribution in [0, 0.1) is 3.70 Å². The third-order valence-corrected chi connectivity index (χ3v) is 2.29. The fourth-order valence-corrected chi connectivity index (χ4v) is 1.78. The summed E-state index contributed by atoms with van der Waals surface area (Å²) in [5, 5.41) is 8.64. The number of carboxylic acids is 1. The molecule has 0 fully saturated rings. The summed E-state index contributed by atoms with van der Waals surface area (Å²) in [6.07, 6.45) is -5.57. The lowest BCUT2D eigenvalue weighted by Gasteiger charge is -2.15. The first-order valence-corrected chi connectivity index (χ1v) is 5.51. The van der Waals surface area contributed by atoms with Gasteiger partial charge in [-0.3, -0.25) is 4.79 Å². The number of methoxy groups -OCH3 is 1. The summed E-state index contributed by atoms with van der Waals surface area (Å²) in [5.74, 6) is -2.42. The van der Waals surface area contributed by atoms with Crippen LogP contribution in [-0.2, 0) is 11.2 Å². The van der Waals surface area contributed by atoms with Crippen molar-refractivity contribution in [1.29, 1.82) is 0 Å². The monoisotopic (exact) mass is 377 g/mol. The number of carbonyl (C=O) groups is 1. The molecule has 9 heteroatoms. The van der Waals surface area contributed by atoms with Gasteiger partial charge in [-0.05, 0) is 28.7 Å². The largest absolute Gasteiger partial charge is 0.573 e. The molecule has 0 aromatic carbocycles. The van der Waals surface area contributed by atoms with E-state index >= 15 is 0 Å². The van der Waals surface area contributed by atoms with Crippen LogP contribution in [0.3, 0.4) is 0 Å². The summed E-state index contributed by atoms with van der Waals surface area (Å²) in [6, 6.07) is 1.19. The molecule has 18 heavy (non-hydrogen) atoms. The predicted octanol–water partition coefficient (Wildman–Crippen LogP) is 2.22. The van der Waals surface area contributed by atoms with E-state index in [1.54, 1.807) is 22.6 Å². The van der Waals surface area contributed by atoms with Crippen LogP contribution >= 0.6 is 22.6 Å². The topological polar surface area (TPSA) is 68.7 Å². The van der Waals surface area contributed by atoms with Gasteiger partial charge >= 0.3 is 12.3 Å². The van der Waals surface area contributed by atoms with E-state index in [1.807, 2.05) is 0 Å². The standard InChI is InChI=1S/C9H7F3INO4/c1-17-8-7(18-9(10,11)12)4(3-6(15)16)2-5(13)14-8/h2H,3H2,1H3,(H,15,16). The minimum Gasteiger partial charge on any atom is -0.481 e. The van der Waals surface area contributed by atoms with E-state index in [-0.39, 0.29) is 5.56 Å². The van der Waals surface area contributed by atoms with Gasteiger partial charge in [-0.25, -0.2) is 4.98 Å². The number of aliphatic carboxylic acids is 1. The molecule has 0 atom stereocenters.